The fraction of sp³-hybridized carbons (Fsp3) is 0.385. The zero-order valence-electron chi connectivity index (χ0n) is 10.2. The van der Waals surface area contributed by atoms with E-state index in [1.165, 1.54) is 0 Å². The predicted molar refractivity (Wildman–Crippen MR) is 74.7 cm³/mol. The first-order chi connectivity index (χ1) is 8.81. The van der Waals surface area contributed by atoms with Crippen LogP contribution in [-0.2, 0) is 0 Å². The molecule has 0 N–H and O–H groups in total. The molecular formula is C13H15N3OS. The van der Waals surface area contributed by atoms with Crippen LogP contribution in [0.25, 0.3) is 5.65 Å². The molecule has 1 saturated heterocycles. The summed E-state index contributed by atoms with van der Waals surface area (Å²) < 4.78 is 1.86. The molecule has 0 radical (unpaired) electrons. The van der Waals surface area contributed by atoms with Gasteiger partial charge in [-0.3, -0.25) is 9.20 Å². The molecule has 1 unspecified atom stereocenters. The molecule has 18 heavy (non-hydrogen) atoms. The highest BCUT2D eigenvalue weighted by Gasteiger charge is 2.24. The van der Waals surface area contributed by atoms with Gasteiger partial charge in [-0.2, -0.15) is 11.8 Å². The minimum atomic E-state index is 0.423. The predicted octanol–water partition coefficient (Wildman–Crippen LogP) is 2.09. The van der Waals surface area contributed by atoms with Crippen molar-refractivity contribution in [1.82, 2.24) is 9.38 Å². The molecule has 3 heterocycles. The van der Waals surface area contributed by atoms with Gasteiger partial charge < -0.3 is 4.90 Å². The Kier molecular flexibility index (Phi) is 2.99. The van der Waals surface area contributed by atoms with Gasteiger partial charge in [0.15, 0.2) is 12.1 Å². The van der Waals surface area contributed by atoms with E-state index in [4.69, 9.17) is 0 Å². The molecule has 2 aromatic heterocycles. The lowest BCUT2D eigenvalue weighted by atomic mass is 10.3. The molecule has 5 heteroatoms. The summed E-state index contributed by atoms with van der Waals surface area (Å²) >= 11 is 1.96. The van der Waals surface area contributed by atoms with E-state index in [-0.39, 0.29) is 0 Å². The van der Waals surface area contributed by atoms with E-state index in [0.717, 1.165) is 35.8 Å². The van der Waals surface area contributed by atoms with Gasteiger partial charge in [0.1, 0.15) is 11.3 Å². The third-order valence-electron chi connectivity index (χ3n) is 3.30. The van der Waals surface area contributed by atoms with Crippen molar-refractivity contribution in [3.8, 4) is 0 Å². The number of anilines is 1. The molecule has 0 aliphatic carbocycles. The Morgan fingerprint density at radius 3 is 3.17 bits per heavy atom. The van der Waals surface area contributed by atoms with Crippen molar-refractivity contribution >= 4 is 29.5 Å². The molecule has 3 rings (SSSR count). The van der Waals surface area contributed by atoms with Gasteiger partial charge in [0, 0.05) is 30.3 Å². The van der Waals surface area contributed by atoms with Gasteiger partial charge >= 0.3 is 0 Å². The van der Waals surface area contributed by atoms with E-state index in [0.29, 0.717) is 11.7 Å². The summed E-state index contributed by atoms with van der Waals surface area (Å²) in [6.45, 7) is 3.14. The number of fused-ring (bicyclic) bond motifs is 1. The molecular weight excluding hydrogens is 246 g/mol. The van der Waals surface area contributed by atoms with E-state index >= 15 is 0 Å². The monoisotopic (exact) mass is 261 g/mol. The Labute approximate surface area is 110 Å². The third kappa shape index (κ3) is 1.79. The zero-order valence-corrected chi connectivity index (χ0v) is 11.1. The quantitative estimate of drug-likeness (QED) is 0.776. The van der Waals surface area contributed by atoms with Crippen LogP contribution in [0.4, 0.5) is 5.82 Å². The van der Waals surface area contributed by atoms with E-state index in [1.54, 1.807) is 0 Å². The molecule has 0 spiro atoms. The summed E-state index contributed by atoms with van der Waals surface area (Å²) in [5.74, 6) is 3.01. The van der Waals surface area contributed by atoms with Crippen LogP contribution in [-0.4, -0.2) is 39.8 Å². The molecule has 0 saturated carbocycles. The lowest BCUT2D eigenvalue weighted by molar-refractivity contribution is 0.111. The second-order valence-corrected chi connectivity index (χ2v) is 5.63. The van der Waals surface area contributed by atoms with Gasteiger partial charge in [-0.05, 0) is 19.1 Å². The average molecular weight is 261 g/mol. The van der Waals surface area contributed by atoms with Gasteiger partial charge in [0.2, 0.25) is 0 Å². The smallest absolute Gasteiger partial charge is 0.170 e. The highest BCUT2D eigenvalue weighted by Crippen LogP contribution is 2.26. The fourth-order valence-corrected chi connectivity index (χ4v) is 3.38. The topological polar surface area (TPSA) is 37.6 Å². The first-order valence-corrected chi connectivity index (χ1v) is 7.23. The molecule has 1 fully saturated rings. The largest absolute Gasteiger partial charge is 0.350 e. The number of carbonyl (C=O) groups excluding carboxylic acids is 1. The van der Waals surface area contributed by atoms with Gasteiger partial charge in [-0.25, -0.2) is 4.98 Å². The highest BCUT2D eigenvalue weighted by molar-refractivity contribution is 7.99. The lowest BCUT2D eigenvalue weighted by Crippen LogP contribution is -2.41. The first kappa shape index (κ1) is 11.6. The molecule has 1 atom stereocenters. The van der Waals surface area contributed by atoms with Crippen molar-refractivity contribution in [2.45, 2.75) is 13.0 Å². The summed E-state index contributed by atoms with van der Waals surface area (Å²) in [5, 5.41) is 0. The minimum absolute atomic E-state index is 0.423. The first-order valence-electron chi connectivity index (χ1n) is 6.08. The van der Waals surface area contributed by atoms with Crippen LogP contribution in [0.2, 0.25) is 0 Å². The SMILES string of the molecule is CC1CSCCN1c1nc2ccccn2c1C=O. The standard InChI is InChI=1S/C13H15N3OS/c1-10-9-18-7-6-15(10)13-11(8-17)16-5-3-2-4-12(16)14-13/h2-5,8,10H,6-7,9H2,1H3. The molecule has 2 aromatic rings. The number of carbonyl (C=O) groups is 1. The Balaban J connectivity index is 2.12. The minimum Gasteiger partial charge on any atom is -0.350 e. The van der Waals surface area contributed by atoms with Crippen molar-refractivity contribution < 1.29 is 4.79 Å². The summed E-state index contributed by atoms with van der Waals surface area (Å²) in [5.41, 5.74) is 1.49. The maximum Gasteiger partial charge on any atom is 0.170 e. The van der Waals surface area contributed by atoms with Crippen molar-refractivity contribution in [2.24, 2.45) is 0 Å². The van der Waals surface area contributed by atoms with E-state index in [9.17, 15) is 4.79 Å². The average Bonchev–Trinajstić information content (AvgIpc) is 2.77. The fourth-order valence-electron chi connectivity index (χ4n) is 2.37. The van der Waals surface area contributed by atoms with Crippen LogP contribution in [0.1, 0.15) is 17.4 Å². The Morgan fingerprint density at radius 2 is 2.39 bits per heavy atom. The van der Waals surface area contributed by atoms with Gasteiger partial charge in [-0.15, -0.1) is 0 Å². The van der Waals surface area contributed by atoms with Crippen LogP contribution >= 0.6 is 11.8 Å². The van der Waals surface area contributed by atoms with Crippen LogP contribution in [0.3, 0.4) is 0 Å². The Bertz CT molecular complexity index is 581. The van der Waals surface area contributed by atoms with Gasteiger partial charge in [0.05, 0.1) is 0 Å². The summed E-state index contributed by atoms with van der Waals surface area (Å²) in [7, 11) is 0. The summed E-state index contributed by atoms with van der Waals surface area (Å²) in [4.78, 5) is 18.2. The van der Waals surface area contributed by atoms with Gasteiger partial charge in [0.25, 0.3) is 0 Å². The van der Waals surface area contributed by atoms with E-state index in [2.05, 4.69) is 16.8 Å². The molecule has 1 aliphatic rings. The number of thioether (sulfide) groups is 1. The van der Waals surface area contributed by atoms with Crippen molar-refractivity contribution in [1.29, 1.82) is 0 Å². The molecule has 0 bridgehead atoms. The molecule has 0 amide bonds. The molecule has 0 aromatic carbocycles. The Morgan fingerprint density at radius 1 is 1.50 bits per heavy atom. The van der Waals surface area contributed by atoms with Crippen molar-refractivity contribution in [3.05, 3.63) is 30.1 Å². The van der Waals surface area contributed by atoms with Crippen LogP contribution in [0.5, 0.6) is 0 Å². The van der Waals surface area contributed by atoms with Gasteiger partial charge in [-0.1, -0.05) is 6.07 Å². The third-order valence-corrected chi connectivity index (χ3v) is 4.49. The van der Waals surface area contributed by atoms with Crippen molar-refractivity contribution in [3.63, 3.8) is 0 Å². The molecule has 94 valence electrons. The molecule has 1 aliphatic heterocycles. The van der Waals surface area contributed by atoms with E-state index < -0.39 is 0 Å². The number of aldehydes is 1. The number of pyridine rings is 1. The zero-order chi connectivity index (χ0) is 12.5. The maximum absolute atomic E-state index is 11.4. The van der Waals surface area contributed by atoms with Crippen LogP contribution in [0, 0.1) is 0 Å². The Hall–Kier alpha value is -1.49. The summed E-state index contributed by atoms with van der Waals surface area (Å²) in [6, 6.07) is 6.21. The highest BCUT2D eigenvalue weighted by atomic mass is 32.2. The number of hydrogen-bond acceptors (Lipinski definition) is 4. The second-order valence-electron chi connectivity index (χ2n) is 4.48. The normalized spacial score (nSPS) is 20.3. The number of aromatic nitrogens is 2. The summed E-state index contributed by atoms with van der Waals surface area (Å²) in [6.07, 6.45) is 2.79. The number of hydrogen-bond donors (Lipinski definition) is 0. The maximum atomic E-state index is 11.4. The number of imidazole rings is 1. The van der Waals surface area contributed by atoms with E-state index in [1.807, 2.05) is 40.6 Å². The lowest BCUT2D eigenvalue weighted by Gasteiger charge is -2.33. The van der Waals surface area contributed by atoms with Crippen LogP contribution in [0.15, 0.2) is 24.4 Å². The van der Waals surface area contributed by atoms with Crippen molar-refractivity contribution in [2.75, 3.05) is 23.0 Å². The van der Waals surface area contributed by atoms with Crippen LogP contribution < -0.4 is 4.90 Å². The molecule has 4 nitrogen and oxygen atoms in total. The number of nitrogens with zero attached hydrogens (tertiary/aromatic N) is 3. The second kappa shape index (κ2) is 4.65. The number of rotatable bonds is 2.